The van der Waals surface area contributed by atoms with Crippen molar-refractivity contribution in [2.75, 3.05) is 12.0 Å². The van der Waals surface area contributed by atoms with Gasteiger partial charge in [-0.05, 0) is 6.42 Å². The number of primary amides is 1. The average Bonchev–Trinajstić information content (AvgIpc) is 2.45. The fourth-order valence-corrected chi connectivity index (χ4v) is 3.03. The maximum atomic E-state index is 12.3. The molecule has 25 heavy (non-hydrogen) atoms. The molecule has 1 aliphatic carbocycles. The Morgan fingerprint density at radius 2 is 1.96 bits per heavy atom. The van der Waals surface area contributed by atoms with Crippen molar-refractivity contribution in [2.24, 2.45) is 5.73 Å². The highest BCUT2D eigenvalue weighted by Crippen LogP contribution is 2.20. The Hall–Kier alpha value is -1.98. The largest absolute Gasteiger partial charge is 0.390 e. The van der Waals surface area contributed by atoms with Crippen molar-refractivity contribution in [3.63, 3.8) is 0 Å². The molecule has 0 aromatic carbocycles. The monoisotopic (exact) mass is 377 g/mol. The van der Waals surface area contributed by atoms with Crippen LogP contribution in [-0.4, -0.2) is 72.7 Å². The molecule has 0 radical (unpaired) electrons. The van der Waals surface area contributed by atoms with Crippen LogP contribution in [0.15, 0.2) is 11.6 Å². The first-order valence-electron chi connectivity index (χ1n) is 7.52. The summed E-state index contributed by atoms with van der Waals surface area (Å²) in [5.74, 6) is -2.43. The maximum absolute atomic E-state index is 12.3. The second-order valence-corrected chi connectivity index (χ2v) is 8.29. The molecule has 0 spiro atoms. The van der Waals surface area contributed by atoms with Crippen molar-refractivity contribution in [1.29, 1.82) is 0 Å². The van der Waals surface area contributed by atoms with Gasteiger partial charge in [0.1, 0.15) is 22.0 Å². The number of nitrogens with one attached hydrogen (secondary N) is 2. The third-order valence-corrected chi connectivity index (χ3v) is 4.64. The second-order valence-electron chi connectivity index (χ2n) is 6.03. The molecule has 3 amide bonds. The number of hydrogen-bond donors (Lipinski definition) is 5. The number of nitrogens with two attached hydrogens (primary N) is 1. The molecule has 4 atom stereocenters. The van der Waals surface area contributed by atoms with Crippen LogP contribution in [0.2, 0.25) is 0 Å². The van der Waals surface area contributed by atoms with E-state index in [1.807, 2.05) is 0 Å². The Morgan fingerprint density at radius 1 is 1.36 bits per heavy atom. The Bertz CT molecular complexity index is 674. The summed E-state index contributed by atoms with van der Waals surface area (Å²) in [6, 6.07) is -2.17. The molecule has 142 valence electrons. The van der Waals surface area contributed by atoms with E-state index in [1.165, 1.54) is 13.0 Å². The highest BCUT2D eigenvalue weighted by atomic mass is 32.2. The van der Waals surface area contributed by atoms with E-state index in [1.54, 1.807) is 0 Å². The van der Waals surface area contributed by atoms with Gasteiger partial charge in [-0.2, -0.15) is 0 Å². The van der Waals surface area contributed by atoms with Crippen molar-refractivity contribution < 1.29 is 33.0 Å². The Labute approximate surface area is 145 Å². The van der Waals surface area contributed by atoms with E-state index in [2.05, 4.69) is 10.6 Å². The van der Waals surface area contributed by atoms with Gasteiger partial charge in [0.15, 0.2) is 0 Å². The smallest absolute Gasteiger partial charge is 0.247 e. The van der Waals surface area contributed by atoms with E-state index in [0.717, 1.165) is 6.26 Å². The van der Waals surface area contributed by atoms with Gasteiger partial charge in [-0.1, -0.05) is 6.08 Å². The highest BCUT2D eigenvalue weighted by molar-refractivity contribution is 7.90. The fourth-order valence-electron chi connectivity index (χ4n) is 2.37. The minimum Gasteiger partial charge on any atom is -0.390 e. The zero-order valence-electron chi connectivity index (χ0n) is 13.9. The Morgan fingerprint density at radius 3 is 2.44 bits per heavy atom. The summed E-state index contributed by atoms with van der Waals surface area (Å²) in [4.78, 5) is 34.8. The van der Waals surface area contributed by atoms with Gasteiger partial charge < -0.3 is 26.6 Å². The molecule has 0 aliphatic heterocycles. The molecule has 10 nitrogen and oxygen atoms in total. The first-order chi connectivity index (χ1) is 11.4. The zero-order valence-corrected chi connectivity index (χ0v) is 14.7. The van der Waals surface area contributed by atoms with E-state index >= 15 is 0 Å². The normalized spacial score (nSPS) is 24.8. The molecule has 1 rings (SSSR count). The number of aliphatic hydroxyl groups excluding tert-OH is 2. The maximum Gasteiger partial charge on any atom is 0.247 e. The summed E-state index contributed by atoms with van der Waals surface area (Å²) in [6.07, 6.45) is -0.674. The van der Waals surface area contributed by atoms with Crippen molar-refractivity contribution in [3.05, 3.63) is 11.6 Å². The number of aliphatic hydroxyl groups is 2. The lowest BCUT2D eigenvalue weighted by Gasteiger charge is -2.31. The lowest BCUT2D eigenvalue weighted by molar-refractivity contribution is -0.126. The molecule has 0 saturated carbocycles. The van der Waals surface area contributed by atoms with Gasteiger partial charge in [-0.15, -0.1) is 0 Å². The average molecular weight is 377 g/mol. The van der Waals surface area contributed by atoms with Crippen LogP contribution >= 0.6 is 0 Å². The molecule has 0 bridgehead atoms. The van der Waals surface area contributed by atoms with Gasteiger partial charge in [-0.3, -0.25) is 14.4 Å². The second kappa shape index (κ2) is 8.41. The SMILES string of the molecule is CC(=O)N[C@@H]1C=C(C(=O)N[C@@H](CCS(C)(=O)=O)C(N)=O)C[C@@H](O)[C@@H]1O. The molecule has 11 heteroatoms. The Kier molecular flexibility index (Phi) is 7.08. The third kappa shape index (κ3) is 6.80. The minimum absolute atomic E-state index is 0.0437. The molecular formula is C14H23N3O7S. The van der Waals surface area contributed by atoms with Crippen molar-refractivity contribution in [3.8, 4) is 0 Å². The predicted molar refractivity (Wildman–Crippen MR) is 87.8 cm³/mol. The molecule has 0 saturated heterocycles. The van der Waals surface area contributed by atoms with Crippen LogP contribution in [0.4, 0.5) is 0 Å². The van der Waals surface area contributed by atoms with Crippen molar-refractivity contribution in [1.82, 2.24) is 10.6 Å². The van der Waals surface area contributed by atoms with E-state index in [-0.39, 0.29) is 24.2 Å². The third-order valence-electron chi connectivity index (χ3n) is 3.66. The van der Waals surface area contributed by atoms with E-state index in [9.17, 15) is 33.0 Å². The quantitative estimate of drug-likeness (QED) is 0.313. The van der Waals surface area contributed by atoms with E-state index < -0.39 is 51.9 Å². The summed E-state index contributed by atoms with van der Waals surface area (Å²) in [6.45, 7) is 1.22. The molecular weight excluding hydrogens is 354 g/mol. The lowest BCUT2D eigenvalue weighted by Crippen LogP contribution is -2.52. The van der Waals surface area contributed by atoms with Crippen molar-refractivity contribution >= 4 is 27.6 Å². The number of carbonyl (C=O) groups is 3. The lowest BCUT2D eigenvalue weighted by atomic mass is 9.90. The molecule has 0 aromatic heterocycles. The predicted octanol–water partition coefficient (Wildman–Crippen LogP) is -3.05. The Balaban J connectivity index is 2.88. The summed E-state index contributed by atoms with van der Waals surface area (Å²) < 4.78 is 22.4. The van der Waals surface area contributed by atoms with Crippen LogP contribution < -0.4 is 16.4 Å². The molecule has 0 heterocycles. The number of carbonyl (C=O) groups excluding carboxylic acids is 3. The van der Waals surface area contributed by atoms with Crippen LogP contribution in [0.3, 0.4) is 0 Å². The topological polar surface area (TPSA) is 176 Å². The number of sulfone groups is 1. The van der Waals surface area contributed by atoms with Gasteiger partial charge in [0, 0.05) is 25.2 Å². The van der Waals surface area contributed by atoms with Crippen LogP contribution in [0.1, 0.15) is 19.8 Å². The fraction of sp³-hybridized carbons (Fsp3) is 0.643. The van der Waals surface area contributed by atoms with Gasteiger partial charge in [0.25, 0.3) is 0 Å². The van der Waals surface area contributed by atoms with Crippen molar-refractivity contribution in [2.45, 2.75) is 44.1 Å². The number of amides is 3. The summed E-state index contributed by atoms with van der Waals surface area (Å²) in [5, 5.41) is 24.4. The summed E-state index contributed by atoms with van der Waals surface area (Å²) in [7, 11) is -3.35. The van der Waals surface area contributed by atoms with Gasteiger partial charge in [-0.25, -0.2) is 8.42 Å². The van der Waals surface area contributed by atoms with Gasteiger partial charge in [0.2, 0.25) is 17.7 Å². The number of rotatable bonds is 7. The van der Waals surface area contributed by atoms with E-state index in [0.29, 0.717) is 0 Å². The van der Waals surface area contributed by atoms with Gasteiger partial charge >= 0.3 is 0 Å². The molecule has 1 aliphatic rings. The van der Waals surface area contributed by atoms with Crippen LogP contribution in [-0.2, 0) is 24.2 Å². The highest BCUT2D eigenvalue weighted by Gasteiger charge is 2.34. The standard InChI is InChI=1S/C14H23N3O7S/c1-7(18)16-10-5-8(6-11(19)12(10)20)14(22)17-9(13(15)21)3-4-25(2,23)24/h5,9-12,19-20H,3-4,6H2,1-2H3,(H2,15,21)(H,16,18)(H,17,22)/t9-,10+,11+,12+/m0/s1. The first kappa shape index (κ1) is 21.1. The molecule has 0 fully saturated rings. The molecule has 0 aromatic rings. The number of hydrogen-bond acceptors (Lipinski definition) is 7. The zero-order chi connectivity index (χ0) is 19.4. The minimum atomic E-state index is -3.35. The van der Waals surface area contributed by atoms with Crippen LogP contribution in [0, 0.1) is 0 Å². The van der Waals surface area contributed by atoms with Crippen LogP contribution in [0.5, 0.6) is 0 Å². The van der Waals surface area contributed by atoms with E-state index in [4.69, 9.17) is 5.73 Å². The summed E-state index contributed by atoms with van der Waals surface area (Å²) >= 11 is 0. The first-order valence-corrected chi connectivity index (χ1v) is 9.58. The molecule has 6 N–H and O–H groups in total. The van der Waals surface area contributed by atoms with Gasteiger partial charge in [0.05, 0.1) is 17.9 Å². The van der Waals surface area contributed by atoms with Crippen LogP contribution in [0.25, 0.3) is 0 Å². The summed E-state index contributed by atoms with van der Waals surface area (Å²) in [5.41, 5.74) is 5.22. The molecule has 0 unspecified atom stereocenters.